The fourth-order valence-corrected chi connectivity index (χ4v) is 6.88. The zero-order chi connectivity index (χ0) is 29.5. The number of ether oxygens (including phenoxy) is 2. The van der Waals surface area contributed by atoms with Crippen LogP contribution < -0.4 is 9.47 Å². The summed E-state index contributed by atoms with van der Waals surface area (Å²) >= 11 is 2.95. The minimum absolute atomic E-state index is 0.0511. The molecule has 1 amide bonds. The number of rotatable bonds is 8. The van der Waals surface area contributed by atoms with E-state index < -0.39 is 0 Å². The maximum Gasteiger partial charge on any atom is 0.265 e. The number of benzene rings is 2. The van der Waals surface area contributed by atoms with Crippen molar-refractivity contribution in [3.05, 3.63) is 70.3 Å². The molecule has 0 unspecified atom stereocenters. The number of aromatic nitrogens is 4. The molecule has 0 radical (unpaired) electrons. The summed E-state index contributed by atoms with van der Waals surface area (Å²) in [6.07, 6.45) is 3.56. The van der Waals surface area contributed by atoms with Crippen molar-refractivity contribution in [2.45, 2.75) is 20.5 Å². The number of carbonyl (C=O) groups excluding carboxylic acids is 1. The van der Waals surface area contributed by atoms with Gasteiger partial charge in [-0.25, -0.2) is 14.5 Å². The Bertz CT molecular complexity index is 1900. The standard InChI is InChI=1S/C31H30N6O4S2/c1-4-35-8-10-36(11-9-35)30(38)28-16-32-29(43-28)20-6-5-7-22(12-20)40-18-21-13-23(39-3)14-26-24(21)15-27(41-26)25-17-37-31(33-25)42-19(2)34-37/h5-7,12-17H,4,8-11,18H2,1-3H3. The van der Waals surface area contributed by atoms with E-state index in [9.17, 15) is 4.79 Å². The number of aryl methyl sites for hydroxylation is 1. The maximum absolute atomic E-state index is 13.1. The Labute approximate surface area is 256 Å². The van der Waals surface area contributed by atoms with Gasteiger partial charge in [0.05, 0.1) is 19.5 Å². The lowest BCUT2D eigenvalue weighted by Crippen LogP contribution is -2.48. The van der Waals surface area contributed by atoms with Crippen LogP contribution in [0.5, 0.6) is 11.5 Å². The number of methoxy groups -OCH3 is 1. The van der Waals surface area contributed by atoms with Gasteiger partial charge in [0.15, 0.2) is 5.76 Å². The molecule has 1 aliphatic heterocycles. The van der Waals surface area contributed by atoms with E-state index in [2.05, 4.69) is 26.9 Å². The van der Waals surface area contributed by atoms with Crippen LogP contribution in [0.2, 0.25) is 0 Å². The molecule has 7 rings (SSSR count). The molecule has 1 fully saturated rings. The van der Waals surface area contributed by atoms with Crippen LogP contribution in [0.15, 0.2) is 59.3 Å². The third-order valence-electron chi connectivity index (χ3n) is 7.63. The predicted octanol–water partition coefficient (Wildman–Crippen LogP) is 6.00. The van der Waals surface area contributed by atoms with Gasteiger partial charge in [-0.05, 0) is 37.7 Å². The molecular weight excluding hydrogens is 585 g/mol. The molecule has 1 saturated heterocycles. The SMILES string of the molecule is CCN1CCN(C(=O)c2cnc(-c3cccc(OCc4cc(OC)cc5oc(-c6cn7nc(C)sc7n6)cc45)c3)s2)CC1. The summed E-state index contributed by atoms with van der Waals surface area (Å²) in [5.74, 6) is 2.09. The summed E-state index contributed by atoms with van der Waals surface area (Å²) < 4.78 is 19.8. The van der Waals surface area contributed by atoms with E-state index in [1.807, 2.05) is 60.5 Å². The first kappa shape index (κ1) is 27.6. The Kier molecular flexibility index (Phi) is 7.33. The van der Waals surface area contributed by atoms with Gasteiger partial charge in [-0.15, -0.1) is 11.3 Å². The Hall–Kier alpha value is -4.26. The van der Waals surface area contributed by atoms with Gasteiger partial charge in [0.1, 0.15) is 44.3 Å². The van der Waals surface area contributed by atoms with Crippen LogP contribution in [0.1, 0.15) is 27.2 Å². The fraction of sp³-hybridized carbons (Fsp3) is 0.290. The summed E-state index contributed by atoms with van der Waals surface area (Å²) in [5, 5.41) is 7.12. The van der Waals surface area contributed by atoms with E-state index in [0.29, 0.717) is 34.3 Å². The van der Waals surface area contributed by atoms with Crippen molar-refractivity contribution < 1.29 is 18.7 Å². The van der Waals surface area contributed by atoms with Crippen LogP contribution in [0.25, 0.3) is 38.0 Å². The molecule has 10 nitrogen and oxygen atoms in total. The number of hydrogen-bond donors (Lipinski definition) is 0. The molecule has 0 N–H and O–H groups in total. The van der Waals surface area contributed by atoms with Crippen molar-refractivity contribution in [3.8, 4) is 33.5 Å². The average Bonchev–Trinajstić information content (AvgIpc) is 3.83. The number of thiazole rings is 1. The smallest absolute Gasteiger partial charge is 0.265 e. The normalized spacial score (nSPS) is 14.2. The van der Waals surface area contributed by atoms with Crippen LogP contribution in [0.4, 0.5) is 0 Å². The average molecular weight is 615 g/mol. The lowest BCUT2D eigenvalue weighted by Gasteiger charge is -2.33. The van der Waals surface area contributed by atoms with Crippen LogP contribution in [-0.4, -0.2) is 75.1 Å². The van der Waals surface area contributed by atoms with Gasteiger partial charge in [0.25, 0.3) is 5.91 Å². The second-order valence-electron chi connectivity index (χ2n) is 10.4. The molecule has 5 heterocycles. The van der Waals surface area contributed by atoms with Crippen molar-refractivity contribution in [3.63, 3.8) is 0 Å². The quantitative estimate of drug-likeness (QED) is 0.206. The molecule has 2 aromatic carbocycles. The van der Waals surface area contributed by atoms with E-state index in [1.54, 1.807) is 17.8 Å². The number of imidazole rings is 1. The summed E-state index contributed by atoms with van der Waals surface area (Å²) in [6.45, 7) is 8.74. The Morgan fingerprint density at radius 2 is 1.93 bits per heavy atom. The minimum atomic E-state index is 0.0511. The van der Waals surface area contributed by atoms with Crippen molar-refractivity contribution in [2.24, 2.45) is 0 Å². The lowest BCUT2D eigenvalue weighted by molar-refractivity contribution is 0.0648. The zero-order valence-corrected chi connectivity index (χ0v) is 25.7. The molecule has 12 heteroatoms. The first-order valence-electron chi connectivity index (χ1n) is 14.1. The molecule has 6 aromatic rings. The van der Waals surface area contributed by atoms with Gasteiger partial charge >= 0.3 is 0 Å². The first-order valence-corrected chi connectivity index (χ1v) is 15.7. The second-order valence-corrected chi connectivity index (χ2v) is 12.5. The first-order chi connectivity index (χ1) is 21.0. The molecule has 0 aliphatic carbocycles. The van der Waals surface area contributed by atoms with E-state index in [0.717, 1.165) is 69.9 Å². The molecule has 4 aromatic heterocycles. The van der Waals surface area contributed by atoms with Gasteiger partial charge in [-0.3, -0.25) is 4.79 Å². The fourth-order valence-electron chi connectivity index (χ4n) is 5.27. The monoisotopic (exact) mass is 614 g/mol. The Morgan fingerprint density at radius 3 is 2.72 bits per heavy atom. The molecule has 0 bridgehead atoms. The Morgan fingerprint density at radius 1 is 1.07 bits per heavy atom. The number of fused-ring (bicyclic) bond motifs is 2. The highest BCUT2D eigenvalue weighted by Crippen LogP contribution is 2.34. The van der Waals surface area contributed by atoms with Gasteiger partial charge in [0.2, 0.25) is 4.96 Å². The van der Waals surface area contributed by atoms with Crippen LogP contribution >= 0.6 is 22.7 Å². The van der Waals surface area contributed by atoms with Crippen LogP contribution in [0.3, 0.4) is 0 Å². The lowest BCUT2D eigenvalue weighted by atomic mass is 10.1. The molecule has 0 atom stereocenters. The highest BCUT2D eigenvalue weighted by atomic mass is 32.1. The number of nitrogens with zero attached hydrogens (tertiary/aromatic N) is 6. The van der Waals surface area contributed by atoms with Crippen LogP contribution in [0, 0.1) is 6.92 Å². The van der Waals surface area contributed by atoms with Crippen molar-refractivity contribution in [2.75, 3.05) is 39.8 Å². The molecule has 43 heavy (non-hydrogen) atoms. The zero-order valence-electron chi connectivity index (χ0n) is 24.1. The highest BCUT2D eigenvalue weighted by Gasteiger charge is 2.23. The number of carbonyl (C=O) groups is 1. The third-order valence-corrected chi connectivity index (χ3v) is 9.50. The summed E-state index contributed by atoms with van der Waals surface area (Å²) in [5.41, 5.74) is 3.24. The molecule has 1 aliphatic rings. The number of piperazine rings is 1. The molecule has 220 valence electrons. The third kappa shape index (κ3) is 5.49. The second kappa shape index (κ2) is 11.4. The number of likely N-dealkylation sites (N-methyl/N-ethyl adjacent to an activating group) is 1. The van der Waals surface area contributed by atoms with Gasteiger partial charge in [-0.1, -0.05) is 30.4 Å². The van der Waals surface area contributed by atoms with Crippen molar-refractivity contribution in [1.82, 2.24) is 29.4 Å². The van der Waals surface area contributed by atoms with Crippen molar-refractivity contribution >= 4 is 44.5 Å². The topological polar surface area (TPSA) is 98.2 Å². The molecule has 0 saturated carbocycles. The highest BCUT2D eigenvalue weighted by molar-refractivity contribution is 7.17. The maximum atomic E-state index is 13.1. The van der Waals surface area contributed by atoms with E-state index in [-0.39, 0.29) is 5.91 Å². The van der Waals surface area contributed by atoms with E-state index in [4.69, 9.17) is 13.9 Å². The molecule has 0 spiro atoms. The summed E-state index contributed by atoms with van der Waals surface area (Å²) in [7, 11) is 1.63. The Balaban J connectivity index is 1.09. The number of amides is 1. The largest absolute Gasteiger partial charge is 0.497 e. The van der Waals surface area contributed by atoms with Crippen LogP contribution in [-0.2, 0) is 6.61 Å². The van der Waals surface area contributed by atoms with Gasteiger partial charge in [-0.2, -0.15) is 5.10 Å². The summed E-state index contributed by atoms with van der Waals surface area (Å²) in [6, 6.07) is 13.6. The number of furan rings is 1. The van der Waals surface area contributed by atoms with E-state index >= 15 is 0 Å². The predicted molar refractivity (Wildman–Crippen MR) is 167 cm³/mol. The van der Waals surface area contributed by atoms with E-state index in [1.165, 1.54) is 22.7 Å². The van der Waals surface area contributed by atoms with Crippen molar-refractivity contribution in [1.29, 1.82) is 0 Å². The molecular formula is C31H30N6O4S2. The minimum Gasteiger partial charge on any atom is -0.497 e. The summed E-state index contributed by atoms with van der Waals surface area (Å²) in [4.78, 5) is 28.1. The number of hydrogen-bond acceptors (Lipinski definition) is 10. The van der Waals surface area contributed by atoms with Gasteiger partial charge in [0, 0.05) is 48.8 Å². The van der Waals surface area contributed by atoms with Gasteiger partial charge < -0.3 is 23.7 Å².